The summed E-state index contributed by atoms with van der Waals surface area (Å²) < 4.78 is 5.07. The minimum absolute atomic E-state index is 0.381. The molecule has 0 bridgehead atoms. The summed E-state index contributed by atoms with van der Waals surface area (Å²) in [6.45, 7) is 1.61. The highest BCUT2D eigenvalue weighted by Crippen LogP contribution is 2.47. The van der Waals surface area contributed by atoms with E-state index in [-0.39, 0.29) is 5.91 Å². The van der Waals surface area contributed by atoms with E-state index in [9.17, 15) is 14.4 Å². The van der Waals surface area contributed by atoms with Gasteiger partial charge in [-0.3, -0.25) is 14.4 Å². The average Bonchev–Trinajstić information content (AvgIpc) is 3.04. The highest BCUT2D eigenvalue weighted by molar-refractivity contribution is 5.98. The van der Waals surface area contributed by atoms with Crippen LogP contribution in [0.3, 0.4) is 0 Å². The quantitative estimate of drug-likeness (QED) is 0.650. The molecule has 1 amide bonds. The van der Waals surface area contributed by atoms with Crippen LogP contribution in [0, 0.1) is 17.8 Å². The Balaban J connectivity index is 2.04. The summed E-state index contributed by atoms with van der Waals surface area (Å²) in [7, 11) is 0. The van der Waals surface area contributed by atoms with Crippen LogP contribution in [0.25, 0.3) is 0 Å². The highest BCUT2D eigenvalue weighted by Gasteiger charge is 2.64. The van der Waals surface area contributed by atoms with Gasteiger partial charge >= 0.3 is 11.9 Å². The molecule has 1 unspecified atom stereocenters. The van der Waals surface area contributed by atoms with E-state index in [0.717, 1.165) is 0 Å². The Kier molecular flexibility index (Phi) is 3.01. The summed E-state index contributed by atoms with van der Waals surface area (Å²) in [5, 5.41) is 17.7. The Bertz CT molecular complexity index is 342. The summed E-state index contributed by atoms with van der Waals surface area (Å²) >= 11 is 0. The second-order valence-corrected chi connectivity index (χ2v) is 4.19. The smallest absolute Gasteiger partial charge is 0.308 e. The number of hydrogen-bond donors (Lipinski definition) is 2. The van der Waals surface area contributed by atoms with Gasteiger partial charge in [0.1, 0.15) is 0 Å². The van der Waals surface area contributed by atoms with E-state index in [2.05, 4.69) is 0 Å². The van der Waals surface area contributed by atoms with Gasteiger partial charge in [-0.05, 0) is 0 Å². The number of aliphatic carboxylic acids is 2. The number of carbonyl (C=O) groups is 3. The first kappa shape index (κ1) is 11.8. The zero-order valence-electron chi connectivity index (χ0n) is 9.04. The molecule has 1 aliphatic heterocycles. The van der Waals surface area contributed by atoms with Crippen LogP contribution in [0.4, 0.5) is 0 Å². The lowest BCUT2D eigenvalue weighted by molar-refractivity contribution is -0.144. The molecule has 2 fully saturated rings. The fraction of sp³-hybridized carbons (Fsp3) is 0.700. The van der Waals surface area contributed by atoms with Gasteiger partial charge in [0.05, 0.1) is 31.0 Å². The van der Waals surface area contributed by atoms with Gasteiger partial charge in [0.25, 0.3) is 0 Å². The van der Waals surface area contributed by atoms with Gasteiger partial charge in [0.2, 0.25) is 5.91 Å². The van der Waals surface area contributed by atoms with Crippen LogP contribution in [-0.2, 0) is 19.1 Å². The van der Waals surface area contributed by atoms with Gasteiger partial charge in [-0.2, -0.15) is 0 Å². The Morgan fingerprint density at radius 2 is 1.41 bits per heavy atom. The summed E-state index contributed by atoms with van der Waals surface area (Å²) in [6.07, 6.45) is 0. The number of morpholine rings is 1. The van der Waals surface area contributed by atoms with Gasteiger partial charge < -0.3 is 19.8 Å². The first-order valence-electron chi connectivity index (χ1n) is 5.36. The normalized spacial score (nSPS) is 32.0. The van der Waals surface area contributed by atoms with Crippen molar-refractivity contribution in [2.75, 3.05) is 26.3 Å². The Morgan fingerprint density at radius 1 is 0.941 bits per heavy atom. The molecule has 3 atom stereocenters. The van der Waals surface area contributed by atoms with Crippen LogP contribution >= 0.6 is 0 Å². The van der Waals surface area contributed by atoms with E-state index in [1.807, 2.05) is 0 Å². The third-order valence-electron chi connectivity index (χ3n) is 3.20. The molecule has 94 valence electrons. The molecule has 0 aromatic carbocycles. The van der Waals surface area contributed by atoms with Crippen LogP contribution in [0.5, 0.6) is 0 Å². The molecular formula is C10H13NO6. The SMILES string of the molecule is O=C(O)[C@@H]1C(C(=O)N2CCOCC2)[C@@H]1C(=O)O. The van der Waals surface area contributed by atoms with Crippen molar-refractivity contribution < 1.29 is 29.3 Å². The number of amides is 1. The van der Waals surface area contributed by atoms with Crippen LogP contribution in [0.2, 0.25) is 0 Å². The molecule has 2 aliphatic rings. The van der Waals surface area contributed by atoms with Crippen LogP contribution < -0.4 is 0 Å². The lowest BCUT2D eigenvalue weighted by Crippen LogP contribution is -2.42. The number of nitrogens with zero attached hydrogens (tertiary/aromatic N) is 1. The van der Waals surface area contributed by atoms with Crippen molar-refractivity contribution in [1.29, 1.82) is 0 Å². The second-order valence-electron chi connectivity index (χ2n) is 4.19. The third-order valence-corrected chi connectivity index (χ3v) is 3.20. The van der Waals surface area contributed by atoms with Crippen LogP contribution in [-0.4, -0.2) is 59.3 Å². The second kappa shape index (κ2) is 4.33. The maximum absolute atomic E-state index is 11.9. The average molecular weight is 243 g/mol. The first-order valence-corrected chi connectivity index (χ1v) is 5.36. The largest absolute Gasteiger partial charge is 0.481 e. The molecule has 17 heavy (non-hydrogen) atoms. The van der Waals surface area contributed by atoms with E-state index in [1.54, 1.807) is 0 Å². The van der Waals surface area contributed by atoms with Crippen LogP contribution in [0.15, 0.2) is 0 Å². The zero-order chi connectivity index (χ0) is 12.6. The molecule has 1 heterocycles. The van der Waals surface area contributed by atoms with Crippen molar-refractivity contribution in [1.82, 2.24) is 4.90 Å². The molecule has 1 aliphatic carbocycles. The lowest BCUT2D eigenvalue weighted by atomic mass is 10.2. The molecule has 0 aromatic heterocycles. The fourth-order valence-corrected chi connectivity index (χ4v) is 2.23. The summed E-state index contributed by atoms with van der Waals surface area (Å²) in [4.78, 5) is 35.0. The predicted octanol–water partition coefficient (Wildman–Crippen LogP) is -1.12. The number of carbonyl (C=O) groups excluding carboxylic acids is 1. The van der Waals surface area contributed by atoms with Gasteiger partial charge in [-0.25, -0.2) is 0 Å². The summed E-state index contributed by atoms with van der Waals surface area (Å²) in [5.41, 5.74) is 0. The van der Waals surface area contributed by atoms with Crippen molar-refractivity contribution in [2.45, 2.75) is 0 Å². The monoisotopic (exact) mass is 243 g/mol. The number of carboxylic acids is 2. The topological polar surface area (TPSA) is 104 Å². The maximum atomic E-state index is 11.9. The van der Waals surface area contributed by atoms with E-state index >= 15 is 0 Å². The van der Waals surface area contributed by atoms with Crippen LogP contribution in [0.1, 0.15) is 0 Å². The zero-order valence-corrected chi connectivity index (χ0v) is 9.04. The minimum Gasteiger partial charge on any atom is -0.481 e. The highest BCUT2D eigenvalue weighted by atomic mass is 16.5. The molecule has 7 heteroatoms. The molecule has 1 saturated carbocycles. The third kappa shape index (κ3) is 2.10. The van der Waals surface area contributed by atoms with Gasteiger partial charge in [0, 0.05) is 13.1 Å². The number of rotatable bonds is 3. The van der Waals surface area contributed by atoms with E-state index in [4.69, 9.17) is 14.9 Å². The minimum atomic E-state index is -1.22. The van der Waals surface area contributed by atoms with E-state index < -0.39 is 29.7 Å². The number of carboxylic acid groups (broad SMARTS) is 2. The Labute approximate surface area is 97.0 Å². The Hall–Kier alpha value is -1.63. The maximum Gasteiger partial charge on any atom is 0.308 e. The molecule has 7 nitrogen and oxygen atoms in total. The van der Waals surface area contributed by atoms with Crippen molar-refractivity contribution in [3.05, 3.63) is 0 Å². The molecule has 1 saturated heterocycles. The summed E-state index contributed by atoms with van der Waals surface area (Å²) in [6, 6.07) is 0. The molecule has 0 aromatic rings. The molecule has 0 radical (unpaired) electrons. The number of hydrogen-bond acceptors (Lipinski definition) is 4. The predicted molar refractivity (Wildman–Crippen MR) is 53.1 cm³/mol. The standard InChI is InChI=1S/C10H13NO6/c12-8(11-1-3-17-4-2-11)5-6(9(13)14)7(5)10(15)16/h5-7H,1-4H2,(H,13,14)(H,15,16)/t5?,6-,7+. The first-order chi connectivity index (χ1) is 8.04. The molecule has 0 spiro atoms. The van der Waals surface area contributed by atoms with Crippen molar-refractivity contribution in [3.8, 4) is 0 Å². The summed E-state index contributed by atoms with van der Waals surface area (Å²) in [5.74, 6) is -5.89. The van der Waals surface area contributed by atoms with Crippen molar-refractivity contribution >= 4 is 17.8 Å². The van der Waals surface area contributed by atoms with Crippen molar-refractivity contribution in [2.24, 2.45) is 17.8 Å². The van der Waals surface area contributed by atoms with Gasteiger partial charge in [0.15, 0.2) is 0 Å². The lowest BCUT2D eigenvalue weighted by Gasteiger charge is -2.27. The Morgan fingerprint density at radius 3 is 1.82 bits per heavy atom. The van der Waals surface area contributed by atoms with E-state index in [0.29, 0.717) is 26.3 Å². The number of ether oxygens (including phenoxy) is 1. The van der Waals surface area contributed by atoms with Crippen molar-refractivity contribution in [3.63, 3.8) is 0 Å². The molecular weight excluding hydrogens is 230 g/mol. The van der Waals surface area contributed by atoms with E-state index in [1.165, 1.54) is 4.90 Å². The molecule has 2 rings (SSSR count). The fourth-order valence-electron chi connectivity index (χ4n) is 2.23. The molecule has 2 N–H and O–H groups in total. The van der Waals surface area contributed by atoms with Gasteiger partial charge in [-0.15, -0.1) is 0 Å². The van der Waals surface area contributed by atoms with Gasteiger partial charge in [-0.1, -0.05) is 0 Å².